The topological polar surface area (TPSA) is 55.1 Å². The second-order valence-corrected chi connectivity index (χ2v) is 5.80. The number of benzene rings is 1. The molecule has 19 heavy (non-hydrogen) atoms. The second kappa shape index (κ2) is 7.53. The van der Waals surface area contributed by atoms with Crippen LogP contribution in [0, 0.1) is 12.8 Å². The molecule has 0 bridgehead atoms. The van der Waals surface area contributed by atoms with Crippen LogP contribution in [-0.2, 0) is 4.79 Å². The molecular weight excluding hydrogens is 304 g/mol. The maximum atomic E-state index is 12.3. The molecule has 0 saturated heterocycles. The minimum atomic E-state index is 0.0622. The van der Waals surface area contributed by atoms with Crippen LogP contribution >= 0.6 is 15.9 Å². The smallest absolute Gasteiger partial charge is 0.227 e. The molecule has 3 nitrogen and oxygen atoms in total. The van der Waals surface area contributed by atoms with Gasteiger partial charge in [-0.3, -0.25) is 4.79 Å². The van der Waals surface area contributed by atoms with Crippen molar-refractivity contribution in [1.82, 2.24) is 0 Å². The van der Waals surface area contributed by atoms with E-state index < -0.39 is 0 Å². The number of carbonyl (C=O) groups excluding carboxylic acids is 1. The molecule has 0 heterocycles. The van der Waals surface area contributed by atoms with Crippen molar-refractivity contribution in [2.24, 2.45) is 5.92 Å². The number of halogens is 1. The number of amides is 1. The van der Waals surface area contributed by atoms with E-state index in [-0.39, 0.29) is 11.8 Å². The maximum Gasteiger partial charge on any atom is 0.227 e. The molecule has 0 radical (unpaired) electrons. The highest BCUT2D eigenvalue weighted by molar-refractivity contribution is 9.10. The summed E-state index contributed by atoms with van der Waals surface area (Å²) in [6, 6.07) is 3.83. The van der Waals surface area contributed by atoms with Gasteiger partial charge in [0.15, 0.2) is 0 Å². The highest BCUT2D eigenvalue weighted by atomic mass is 79.9. The number of nitrogen functional groups attached to an aromatic ring is 1. The molecule has 4 heteroatoms. The van der Waals surface area contributed by atoms with Gasteiger partial charge in [0.1, 0.15) is 0 Å². The van der Waals surface area contributed by atoms with Crippen molar-refractivity contribution in [3.8, 4) is 0 Å². The van der Waals surface area contributed by atoms with Crippen molar-refractivity contribution in [1.29, 1.82) is 0 Å². The van der Waals surface area contributed by atoms with Gasteiger partial charge < -0.3 is 11.1 Å². The summed E-state index contributed by atoms with van der Waals surface area (Å²) in [5.41, 5.74) is 8.33. The van der Waals surface area contributed by atoms with Crippen LogP contribution in [-0.4, -0.2) is 5.91 Å². The van der Waals surface area contributed by atoms with Crippen molar-refractivity contribution in [3.05, 3.63) is 22.2 Å². The first-order valence-electron chi connectivity index (χ1n) is 6.86. The van der Waals surface area contributed by atoms with Gasteiger partial charge in [0.25, 0.3) is 0 Å². The van der Waals surface area contributed by atoms with Crippen LogP contribution in [0.25, 0.3) is 0 Å². The first-order chi connectivity index (χ1) is 8.99. The van der Waals surface area contributed by atoms with Crippen molar-refractivity contribution < 1.29 is 4.79 Å². The molecule has 1 unspecified atom stereocenters. The summed E-state index contributed by atoms with van der Waals surface area (Å²) in [5, 5.41) is 2.95. The van der Waals surface area contributed by atoms with Gasteiger partial charge >= 0.3 is 0 Å². The summed E-state index contributed by atoms with van der Waals surface area (Å²) in [6.07, 6.45) is 3.98. The van der Waals surface area contributed by atoms with E-state index in [1.54, 1.807) is 0 Å². The molecule has 0 spiro atoms. The Morgan fingerprint density at radius 2 is 2.11 bits per heavy atom. The monoisotopic (exact) mass is 326 g/mol. The molecule has 0 aromatic heterocycles. The van der Waals surface area contributed by atoms with Crippen LogP contribution < -0.4 is 11.1 Å². The van der Waals surface area contributed by atoms with Crippen LogP contribution in [0.1, 0.15) is 45.1 Å². The Morgan fingerprint density at radius 1 is 1.42 bits per heavy atom. The van der Waals surface area contributed by atoms with E-state index >= 15 is 0 Å². The Balaban J connectivity index is 2.81. The van der Waals surface area contributed by atoms with Crippen LogP contribution in [0.3, 0.4) is 0 Å². The van der Waals surface area contributed by atoms with E-state index in [0.717, 1.165) is 35.7 Å². The molecule has 0 aliphatic rings. The lowest BCUT2D eigenvalue weighted by molar-refractivity contribution is -0.120. The fourth-order valence-electron chi connectivity index (χ4n) is 2.10. The molecule has 0 saturated carbocycles. The number of hydrogen-bond donors (Lipinski definition) is 2. The predicted octanol–water partition coefficient (Wildman–Crippen LogP) is 4.49. The fraction of sp³-hybridized carbons (Fsp3) is 0.533. The van der Waals surface area contributed by atoms with Crippen molar-refractivity contribution in [2.75, 3.05) is 11.1 Å². The lowest BCUT2D eigenvalue weighted by Crippen LogP contribution is -2.23. The molecule has 1 rings (SSSR count). The summed E-state index contributed by atoms with van der Waals surface area (Å²) in [6.45, 7) is 6.16. The van der Waals surface area contributed by atoms with Gasteiger partial charge in [-0.1, -0.05) is 26.7 Å². The van der Waals surface area contributed by atoms with E-state index in [9.17, 15) is 4.79 Å². The molecule has 3 N–H and O–H groups in total. The lowest BCUT2D eigenvalue weighted by atomic mass is 9.98. The molecule has 1 aromatic carbocycles. The predicted molar refractivity (Wildman–Crippen MR) is 85.2 cm³/mol. The highest BCUT2D eigenvalue weighted by Gasteiger charge is 2.18. The molecule has 1 amide bonds. The molecule has 1 atom stereocenters. The SMILES string of the molecule is CCCCC(CC)C(=O)Nc1c(N)cc(C)cc1Br. The second-order valence-electron chi connectivity index (χ2n) is 4.95. The lowest BCUT2D eigenvalue weighted by Gasteiger charge is -2.17. The Labute approximate surface area is 124 Å². The Morgan fingerprint density at radius 3 is 2.63 bits per heavy atom. The normalized spacial score (nSPS) is 12.2. The number of nitrogens with two attached hydrogens (primary N) is 1. The largest absolute Gasteiger partial charge is 0.397 e. The fourth-order valence-corrected chi connectivity index (χ4v) is 2.79. The maximum absolute atomic E-state index is 12.3. The number of anilines is 2. The van der Waals surface area contributed by atoms with Crippen LogP contribution in [0.2, 0.25) is 0 Å². The summed E-state index contributed by atoms with van der Waals surface area (Å²) < 4.78 is 0.837. The zero-order valence-corrected chi connectivity index (χ0v) is 13.5. The summed E-state index contributed by atoms with van der Waals surface area (Å²) in [5.74, 6) is 0.125. The number of aryl methyl sites for hydroxylation is 1. The van der Waals surface area contributed by atoms with E-state index in [0.29, 0.717) is 11.4 Å². The van der Waals surface area contributed by atoms with Gasteiger partial charge in [-0.05, 0) is 53.4 Å². The zero-order chi connectivity index (χ0) is 14.4. The van der Waals surface area contributed by atoms with E-state index in [4.69, 9.17) is 5.73 Å². The number of rotatable bonds is 6. The average molecular weight is 327 g/mol. The van der Waals surface area contributed by atoms with Crippen LogP contribution in [0.4, 0.5) is 11.4 Å². The third-order valence-electron chi connectivity index (χ3n) is 3.28. The average Bonchev–Trinajstić information content (AvgIpc) is 2.34. The van der Waals surface area contributed by atoms with Gasteiger partial charge in [0, 0.05) is 10.4 Å². The molecule has 0 aliphatic heterocycles. The zero-order valence-electron chi connectivity index (χ0n) is 11.9. The quantitative estimate of drug-likeness (QED) is 0.756. The van der Waals surface area contributed by atoms with Gasteiger partial charge in [-0.25, -0.2) is 0 Å². The Kier molecular flexibility index (Phi) is 6.35. The standard InChI is InChI=1S/C15H23BrN2O/c1-4-6-7-11(5-2)15(19)18-14-12(16)8-10(3)9-13(14)17/h8-9,11H,4-7,17H2,1-3H3,(H,18,19). The summed E-state index contributed by atoms with van der Waals surface area (Å²) in [4.78, 5) is 12.3. The first kappa shape index (κ1) is 16.0. The minimum absolute atomic E-state index is 0.0622. The summed E-state index contributed by atoms with van der Waals surface area (Å²) >= 11 is 3.46. The number of unbranched alkanes of at least 4 members (excludes halogenated alkanes) is 1. The van der Waals surface area contributed by atoms with Crippen LogP contribution in [0.15, 0.2) is 16.6 Å². The van der Waals surface area contributed by atoms with Gasteiger partial charge in [-0.2, -0.15) is 0 Å². The number of nitrogens with one attached hydrogen (secondary N) is 1. The van der Waals surface area contributed by atoms with Crippen molar-refractivity contribution in [3.63, 3.8) is 0 Å². The molecule has 0 fully saturated rings. The third-order valence-corrected chi connectivity index (χ3v) is 3.91. The van der Waals surface area contributed by atoms with E-state index in [1.165, 1.54) is 0 Å². The molecule has 106 valence electrons. The molecule has 0 aliphatic carbocycles. The van der Waals surface area contributed by atoms with Gasteiger partial charge in [-0.15, -0.1) is 0 Å². The van der Waals surface area contributed by atoms with E-state index in [2.05, 4.69) is 28.2 Å². The van der Waals surface area contributed by atoms with Crippen molar-refractivity contribution in [2.45, 2.75) is 46.5 Å². The highest BCUT2D eigenvalue weighted by Crippen LogP contribution is 2.31. The van der Waals surface area contributed by atoms with Gasteiger partial charge in [0.05, 0.1) is 11.4 Å². The van der Waals surface area contributed by atoms with E-state index in [1.807, 2.05) is 26.0 Å². The number of hydrogen-bond acceptors (Lipinski definition) is 2. The molecule has 1 aromatic rings. The summed E-state index contributed by atoms with van der Waals surface area (Å²) in [7, 11) is 0. The molecular formula is C15H23BrN2O. The van der Waals surface area contributed by atoms with Crippen molar-refractivity contribution >= 4 is 33.2 Å². The minimum Gasteiger partial charge on any atom is -0.397 e. The van der Waals surface area contributed by atoms with Gasteiger partial charge in [0.2, 0.25) is 5.91 Å². The Bertz CT molecular complexity index is 423. The number of carbonyl (C=O) groups is 1. The first-order valence-corrected chi connectivity index (χ1v) is 7.65. The Hall–Kier alpha value is -1.03. The van der Waals surface area contributed by atoms with Crippen LogP contribution in [0.5, 0.6) is 0 Å². The third kappa shape index (κ3) is 4.53.